The Morgan fingerprint density at radius 3 is 3.08 bits per heavy atom. The van der Waals surface area contributed by atoms with E-state index in [0.29, 0.717) is 13.0 Å². The fourth-order valence-corrected chi connectivity index (χ4v) is 1.60. The Hall–Kier alpha value is -1.64. The largest absolute Gasteiger partial charge is 0.488 e. The fourth-order valence-electron chi connectivity index (χ4n) is 1.60. The van der Waals surface area contributed by atoms with Crippen LogP contribution >= 0.6 is 0 Å². The second-order valence-corrected chi connectivity index (χ2v) is 3.20. The normalized spacial score (nSPS) is 17.1. The lowest BCUT2D eigenvalue weighted by Crippen LogP contribution is -2.13. The van der Waals surface area contributed by atoms with Crippen LogP contribution in [0.2, 0.25) is 0 Å². The standard InChI is InChI=1S/C10H7NO2/c12-9-1-2-11-8-4-10-6(5-13-10)3-7(8)9/h2-4H,1,5H2. The number of benzene rings is 1. The van der Waals surface area contributed by atoms with Gasteiger partial charge >= 0.3 is 0 Å². The molecule has 1 aromatic rings. The van der Waals surface area contributed by atoms with E-state index < -0.39 is 0 Å². The van der Waals surface area contributed by atoms with Crippen LogP contribution < -0.4 is 4.74 Å². The summed E-state index contributed by atoms with van der Waals surface area (Å²) in [5.74, 6) is 1.02. The van der Waals surface area contributed by atoms with Crippen molar-refractivity contribution in [3.63, 3.8) is 0 Å². The highest BCUT2D eigenvalue weighted by atomic mass is 16.5. The van der Waals surface area contributed by atoms with E-state index in [1.165, 1.54) is 0 Å². The summed E-state index contributed by atoms with van der Waals surface area (Å²) in [4.78, 5) is 15.6. The molecule has 0 bridgehead atoms. The number of nitrogens with zero attached hydrogens (tertiary/aromatic N) is 1. The Kier molecular flexibility index (Phi) is 1.15. The number of hydrogen-bond donors (Lipinski definition) is 0. The second kappa shape index (κ2) is 2.19. The Bertz CT molecular complexity index is 435. The summed E-state index contributed by atoms with van der Waals surface area (Å²) in [6, 6.07) is 3.73. The predicted molar refractivity (Wildman–Crippen MR) is 47.9 cm³/mol. The molecule has 2 aliphatic rings. The van der Waals surface area contributed by atoms with E-state index in [1.54, 1.807) is 6.21 Å². The van der Waals surface area contributed by atoms with Crippen LogP contribution in [0.5, 0.6) is 5.75 Å². The predicted octanol–water partition coefficient (Wildman–Crippen LogP) is 1.87. The quantitative estimate of drug-likeness (QED) is 0.600. The molecule has 0 saturated carbocycles. The Labute approximate surface area is 75.0 Å². The number of ether oxygens (including phenoxy) is 1. The number of carbonyl (C=O) groups excluding carboxylic acids is 1. The summed E-state index contributed by atoms with van der Waals surface area (Å²) >= 11 is 0. The number of aliphatic imine (C=N–C) groups is 1. The molecule has 3 heteroatoms. The van der Waals surface area contributed by atoms with E-state index in [9.17, 15) is 4.79 Å². The van der Waals surface area contributed by atoms with Crippen LogP contribution in [0.4, 0.5) is 5.69 Å². The van der Waals surface area contributed by atoms with Gasteiger partial charge < -0.3 is 4.74 Å². The van der Waals surface area contributed by atoms with Crippen molar-refractivity contribution in [3.05, 3.63) is 23.3 Å². The first-order chi connectivity index (χ1) is 6.34. The molecule has 2 heterocycles. The van der Waals surface area contributed by atoms with Crippen molar-refractivity contribution in [2.24, 2.45) is 4.99 Å². The van der Waals surface area contributed by atoms with E-state index in [1.807, 2.05) is 12.1 Å². The zero-order chi connectivity index (χ0) is 8.84. The van der Waals surface area contributed by atoms with Crippen LogP contribution in [0, 0.1) is 0 Å². The molecule has 0 spiro atoms. The van der Waals surface area contributed by atoms with Gasteiger partial charge in [-0.05, 0) is 6.07 Å². The molecule has 0 saturated heterocycles. The zero-order valence-corrected chi connectivity index (χ0v) is 6.91. The first-order valence-corrected chi connectivity index (χ1v) is 4.20. The summed E-state index contributed by atoms with van der Waals surface area (Å²) in [6.07, 6.45) is 2.07. The molecular weight excluding hydrogens is 166 g/mol. The maximum absolute atomic E-state index is 11.4. The third kappa shape index (κ3) is 0.840. The van der Waals surface area contributed by atoms with Gasteiger partial charge in [0.05, 0.1) is 5.69 Å². The number of ketones is 1. The number of fused-ring (bicyclic) bond motifs is 2. The lowest BCUT2D eigenvalue weighted by Gasteiger charge is -2.22. The number of carbonyl (C=O) groups is 1. The van der Waals surface area contributed by atoms with Crippen molar-refractivity contribution in [1.29, 1.82) is 0 Å². The molecule has 0 radical (unpaired) electrons. The van der Waals surface area contributed by atoms with Gasteiger partial charge in [-0.1, -0.05) is 0 Å². The van der Waals surface area contributed by atoms with Crippen molar-refractivity contribution in [2.75, 3.05) is 0 Å². The topological polar surface area (TPSA) is 38.7 Å². The smallest absolute Gasteiger partial charge is 0.170 e. The molecule has 64 valence electrons. The average molecular weight is 173 g/mol. The number of rotatable bonds is 0. The highest BCUT2D eigenvalue weighted by Crippen LogP contribution is 2.37. The third-order valence-corrected chi connectivity index (χ3v) is 2.37. The third-order valence-electron chi connectivity index (χ3n) is 2.37. The van der Waals surface area contributed by atoms with Crippen molar-refractivity contribution in [2.45, 2.75) is 13.0 Å². The SMILES string of the molecule is O=C1CC=Nc2cc3c(cc21)CO3. The van der Waals surface area contributed by atoms with Crippen LogP contribution in [-0.2, 0) is 6.61 Å². The van der Waals surface area contributed by atoms with E-state index in [-0.39, 0.29) is 5.78 Å². The summed E-state index contributed by atoms with van der Waals surface area (Å²) in [7, 11) is 0. The first-order valence-electron chi connectivity index (χ1n) is 4.20. The van der Waals surface area contributed by atoms with Gasteiger partial charge in [0, 0.05) is 29.8 Å². The van der Waals surface area contributed by atoms with Crippen LogP contribution in [0.1, 0.15) is 22.3 Å². The minimum Gasteiger partial charge on any atom is -0.488 e. The minimum absolute atomic E-state index is 0.153. The molecular formula is C10H7NO2. The van der Waals surface area contributed by atoms with Gasteiger partial charge in [0.25, 0.3) is 0 Å². The summed E-state index contributed by atoms with van der Waals surface area (Å²) in [6.45, 7) is 0.625. The van der Waals surface area contributed by atoms with Gasteiger partial charge in [0.2, 0.25) is 0 Å². The Morgan fingerprint density at radius 2 is 2.31 bits per heavy atom. The van der Waals surface area contributed by atoms with Crippen molar-refractivity contribution < 1.29 is 9.53 Å². The van der Waals surface area contributed by atoms with Gasteiger partial charge in [0.1, 0.15) is 12.4 Å². The van der Waals surface area contributed by atoms with Gasteiger partial charge in [-0.2, -0.15) is 0 Å². The lowest BCUT2D eigenvalue weighted by atomic mass is 9.99. The molecule has 13 heavy (non-hydrogen) atoms. The van der Waals surface area contributed by atoms with Crippen LogP contribution in [0.3, 0.4) is 0 Å². The van der Waals surface area contributed by atoms with E-state index in [4.69, 9.17) is 4.74 Å². The molecule has 1 aromatic carbocycles. The van der Waals surface area contributed by atoms with Crippen LogP contribution in [-0.4, -0.2) is 12.0 Å². The Morgan fingerprint density at radius 1 is 1.38 bits per heavy atom. The van der Waals surface area contributed by atoms with E-state index in [0.717, 1.165) is 22.6 Å². The first kappa shape index (κ1) is 6.83. The summed E-state index contributed by atoms with van der Waals surface area (Å²) in [5.41, 5.74) is 2.60. The van der Waals surface area contributed by atoms with E-state index >= 15 is 0 Å². The average Bonchev–Trinajstić information content (AvgIpc) is 2.09. The van der Waals surface area contributed by atoms with Gasteiger partial charge in [-0.25, -0.2) is 0 Å². The highest BCUT2D eigenvalue weighted by molar-refractivity contribution is 6.10. The molecule has 0 atom stereocenters. The van der Waals surface area contributed by atoms with Crippen LogP contribution in [0.25, 0.3) is 0 Å². The Balaban J connectivity index is 2.26. The van der Waals surface area contributed by atoms with Crippen molar-refractivity contribution in [3.8, 4) is 5.75 Å². The molecule has 0 amide bonds. The van der Waals surface area contributed by atoms with Crippen molar-refractivity contribution in [1.82, 2.24) is 0 Å². The van der Waals surface area contributed by atoms with Crippen molar-refractivity contribution >= 4 is 17.7 Å². The van der Waals surface area contributed by atoms with Crippen LogP contribution in [0.15, 0.2) is 17.1 Å². The minimum atomic E-state index is 0.153. The molecule has 3 rings (SSSR count). The maximum Gasteiger partial charge on any atom is 0.170 e. The lowest BCUT2D eigenvalue weighted by molar-refractivity contribution is 0.100. The molecule has 3 nitrogen and oxygen atoms in total. The maximum atomic E-state index is 11.4. The highest BCUT2D eigenvalue weighted by Gasteiger charge is 2.22. The summed E-state index contributed by atoms with van der Waals surface area (Å²) < 4.78 is 5.19. The number of hydrogen-bond acceptors (Lipinski definition) is 3. The number of Topliss-reactive ketones (excluding diaryl/α,β-unsaturated/α-hetero) is 1. The second-order valence-electron chi connectivity index (χ2n) is 3.20. The van der Waals surface area contributed by atoms with Gasteiger partial charge in [-0.15, -0.1) is 0 Å². The van der Waals surface area contributed by atoms with Gasteiger partial charge in [0.15, 0.2) is 5.78 Å². The summed E-state index contributed by atoms with van der Waals surface area (Å²) in [5, 5.41) is 0. The molecule has 0 fully saturated rings. The fraction of sp³-hybridized carbons (Fsp3) is 0.200. The molecule has 0 unspecified atom stereocenters. The molecule has 0 aliphatic carbocycles. The van der Waals surface area contributed by atoms with Gasteiger partial charge in [-0.3, -0.25) is 9.79 Å². The van der Waals surface area contributed by atoms with E-state index in [2.05, 4.69) is 4.99 Å². The zero-order valence-electron chi connectivity index (χ0n) is 6.91. The monoisotopic (exact) mass is 173 g/mol. The molecule has 0 aromatic heterocycles. The molecule has 2 aliphatic heterocycles. The molecule has 0 N–H and O–H groups in total.